The van der Waals surface area contributed by atoms with E-state index in [-0.39, 0.29) is 12.8 Å². The summed E-state index contributed by atoms with van der Waals surface area (Å²) >= 11 is 0. The molecule has 0 aromatic carbocycles. The Morgan fingerprint density at radius 3 is 2.07 bits per heavy atom. The monoisotopic (exact) mass is 801 g/mol. The number of ether oxygens (including phenoxy) is 8. The number of rotatable bonds is 13. The minimum absolute atomic E-state index is 0.131. The average molecular weight is 802 g/mol. The highest BCUT2D eigenvalue weighted by Gasteiger charge is 2.60. The van der Waals surface area contributed by atoms with Crippen LogP contribution in [0.15, 0.2) is 0 Å². The van der Waals surface area contributed by atoms with Crippen LogP contribution in [0.1, 0.15) is 40.0 Å². The van der Waals surface area contributed by atoms with Crippen molar-refractivity contribution in [1.29, 1.82) is 0 Å². The Kier molecular flexibility index (Phi) is 15.7. The molecule has 0 spiro atoms. The first kappa shape index (κ1) is 45.5. The van der Waals surface area contributed by atoms with E-state index in [0.29, 0.717) is 0 Å². The van der Waals surface area contributed by atoms with E-state index in [1.165, 1.54) is 14.0 Å². The second-order valence-corrected chi connectivity index (χ2v) is 14.5. The van der Waals surface area contributed by atoms with E-state index in [9.17, 15) is 65.4 Å². The summed E-state index contributed by atoms with van der Waals surface area (Å²) in [5.74, 6) is -6.82. The van der Waals surface area contributed by atoms with E-state index in [2.05, 4.69) is 5.32 Å². The van der Waals surface area contributed by atoms with Crippen molar-refractivity contribution in [2.24, 2.45) is 11.8 Å². The number of carbonyl (C=O) groups excluding carboxylic acids is 3. The van der Waals surface area contributed by atoms with Crippen LogP contribution < -0.4 is 5.32 Å². The predicted molar refractivity (Wildman–Crippen MR) is 176 cm³/mol. The standard InChI is InChI=1S/C33H55NO21/c1-11-6-14(29(46)48-4)7-17(26(11)53-30-24(44)23(43)20(40)12(2)50-30)51-31-25(45)28(22(42)18(10-36)52-31)55-33(32(47)49-5)8-15(38)19(34-13(3)37)27(54-33)21(41)16(39)9-35/h11-12,14-28,30-31,35-36,38-45H,6-10H2,1-5H3,(H,34,37)/t11?,12?,14?,15?,16-,17?,18?,19?,20?,21-,22?,23?,24?,25?,26?,27?,28?,30?,31?,33?/m1/s1. The van der Waals surface area contributed by atoms with Crippen molar-refractivity contribution in [1.82, 2.24) is 5.32 Å². The van der Waals surface area contributed by atoms with Gasteiger partial charge in [0.1, 0.15) is 61.0 Å². The number of carbonyl (C=O) groups is 3. The molecular weight excluding hydrogens is 746 g/mol. The molecule has 18 unspecified atom stereocenters. The number of aliphatic hydroxyl groups excluding tert-OH is 10. The summed E-state index contributed by atoms with van der Waals surface area (Å²) in [7, 11) is 2.09. The van der Waals surface area contributed by atoms with Crippen molar-refractivity contribution in [3.05, 3.63) is 0 Å². The highest BCUT2D eigenvalue weighted by atomic mass is 16.8. The molecule has 55 heavy (non-hydrogen) atoms. The lowest BCUT2D eigenvalue weighted by molar-refractivity contribution is -0.379. The average Bonchev–Trinajstić information content (AvgIpc) is 3.15. The zero-order valence-corrected chi connectivity index (χ0v) is 31.0. The molecule has 4 rings (SSSR count). The van der Waals surface area contributed by atoms with Gasteiger partial charge in [-0.3, -0.25) is 9.59 Å². The van der Waals surface area contributed by atoms with Crippen LogP contribution >= 0.6 is 0 Å². The third kappa shape index (κ3) is 9.74. The van der Waals surface area contributed by atoms with E-state index in [0.717, 1.165) is 14.0 Å². The van der Waals surface area contributed by atoms with Gasteiger partial charge in [0.15, 0.2) is 12.6 Å². The van der Waals surface area contributed by atoms with Crippen molar-refractivity contribution in [2.45, 2.75) is 150 Å². The van der Waals surface area contributed by atoms with Crippen LogP contribution in [0.4, 0.5) is 0 Å². The summed E-state index contributed by atoms with van der Waals surface area (Å²) in [6, 6.07) is -1.49. The van der Waals surface area contributed by atoms with E-state index in [1.807, 2.05) is 0 Å². The van der Waals surface area contributed by atoms with E-state index < -0.39 is 159 Å². The molecule has 0 aromatic rings. The van der Waals surface area contributed by atoms with Crippen molar-refractivity contribution >= 4 is 17.8 Å². The molecule has 11 N–H and O–H groups in total. The van der Waals surface area contributed by atoms with Crippen molar-refractivity contribution in [3.8, 4) is 0 Å². The zero-order valence-electron chi connectivity index (χ0n) is 31.0. The van der Waals surface area contributed by atoms with E-state index >= 15 is 0 Å². The molecule has 4 aliphatic rings. The lowest BCUT2D eigenvalue weighted by Crippen LogP contribution is -2.70. The van der Waals surface area contributed by atoms with Crippen molar-refractivity contribution in [2.75, 3.05) is 27.4 Å². The number of methoxy groups -OCH3 is 2. The van der Waals surface area contributed by atoms with Gasteiger partial charge in [-0.05, 0) is 25.7 Å². The highest BCUT2D eigenvalue weighted by Crippen LogP contribution is 2.41. The quantitative estimate of drug-likeness (QED) is 0.0772. The third-order valence-electron chi connectivity index (χ3n) is 10.5. The molecule has 318 valence electrons. The topological polar surface area (TPSA) is 339 Å². The van der Waals surface area contributed by atoms with Crippen LogP contribution in [-0.4, -0.2) is 206 Å². The van der Waals surface area contributed by atoms with Gasteiger partial charge in [0.25, 0.3) is 5.79 Å². The fraction of sp³-hybridized carbons (Fsp3) is 0.909. The first-order chi connectivity index (χ1) is 25.8. The van der Waals surface area contributed by atoms with Gasteiger partial charge in [-0.2, -0.15) is 0 Å². The molecule has 3 heterocycles. The van der Waals surface area contributed by atoms with Crippen LogP contribution in [0.5, 0.6) is 0 Å². The van der Waals surface area contributed by atoms with Gasteiger partial charge >= 0.3 is 11.9 Å². The lowest BCUT2D eigenvalue weighted by atomic mass is 9.78. The fourth-order valence-corrected chi connectivity index (χ4v) is 7.55. The van der Waals surface area contributed by atoms with Crippen molar-refractivity contribution < 1.29 is 103 Å². The summed E-state index contributed by atoms with van der Waals surface area (Å²) < 4.78 is 45.3. The van der Waals surface area contributed by atoms with Crippen LogP contribution in [0.25, 0.3) is 0 Å². The van der Waals surface area contributed by atoms with Gasteiger partial charge < -0.3 is 94.3 Å². The maximum atomic E-state index is 13.4. The van der Waals surface area contributed by atoms with Gasteiger partial charge in [-0.1, -0.05) is 6.92 Å². The Hall–Kier alpha value is -2.23. The number of esters is 2. The number of hydrogen-bond donors (Lipinski definition) is 11. The molecule has 0 radical (unpaired) electrons. The highest BCUT2D eigenvalue weighted by molar-refractivity contribution is 5.78. The first-order valence-corrected chi connectivity index (χ1v) is 17.9. The second kappa shape index (κ2) is 19.0. The molecule has 20 atom stereocenters. The summed E-state index contributed by atoms with van der Waals surface area (Å²) in [4.78, 5) is 38.1. The van der Waals surface area contributed by atoms with Crippen LogP contribution in [0, 0.1) is 11.8 Å². The van der Waals surface area contributed by atoms with Crippen LogP contribution in [0.3, 0.4) is 0 Å². The number of amides is 1. The molecule has 4 fully saturated rings. The SMILES string of the molecule is COC(=O)C1CC(C)C(OC2OC(C)C(O)C(O)C2O)C(OC2OC(CO)C(O)C(OC3(C(=O)OC)CC(O)C(NC(C)=O)C([C@H](O)[C@H](O)CO)O3)C2O)C1. The van der Waals surface area contributed by atoms with E-state index in [1.54, 1.807) is 6.92 Å². The minimum atomic E-state index is -2.80. The maximum absolute atomic E-state index is 13.4. The molecular formula is C33H55NO21. The van der Waals surface area contributed by atoms with Gasteiger partial charge in [0.2, 0.25) is 5.91 Å². The molecule has 1 amide bonds. The zero-order chi connectivity index (χ0) is 41.1. The molecule has 22 heteroatoms. The molecule has 1 aliphatic carbocycles. The number of nitrogens with one attached hydrogen (secondary N) is 1. The lowest BCUT2D eigenvalue weighted by Gasteiger charge is -2.51. The summed E-state index contributed by atoms with van der Waals surface area (Å²) in [5.41, 5.74) is 0. The largest absolute Gasteiger partial charge is 0.469 e. The van der Waals surface area contributed by atoms with Gasteiger partial charge in [0, 0.05) is 13.3 Å². The van der Waals surface area contributed by atoms with Crippen LogP contribution in [-0.2, 0) is 52.3 Å². The smallest absolute Gasteiger partial charge is 0.366 e. The van der Waals surface area contributed by atoms with Gasteiger partial charge in [-0.25, -0.2) is 4.79 Å². The van der Waals surface area contributed by atoms with Crippen molar-refractivity contribution in [3.63, 3.8) is 0 Å². The fourth-order valence-electron chi connectivity index (χ4n) is 7.55. The normalized spacial score (nSPS) is 44.9. The molecule has 0 aromatic heterocycles. The Bertz CT molecular complexity index is 1300. The number of aliphatic hydroxyl groups is 10. The summed E-state index contributed by atoms with van der Waals surface area (Å²) in [6.07, 6.45) is -27.4. The molecule has 0 bridgehead atoms. The van der Waals surface area contributed by atoms with Gasteiger partial charge in [-0.15, -0.1) is 0 Å². The Morgan fingerprint density at radius 1 is 0.836 bits per heavy atom. The molecule has 3 aliphatic heterocycles. The molecule has 22 nitrogen and oxygen atoms in total. The minimum Gasteiger partial charge on any atom is -0.469 e. The molecule has 3 saturated heterocycles. The maximum Gasteiger partial charge on any atom is 0.366 e. The second-order valence-electron chi connectivity index (χ2n) is 14.5. The first-order valence-electron chi connectivity index (χ1n) is 17.9. The van der Waals surface area contributed by atoms with Crippen LogP contribution in [0.2, 0.25) is 0 Å². The summed E-state index contributed by atoms with van der Waals surface area (Å²) in [5, 5.41) is 109. The Balaban J connectivity index is 1.68. The summed E-state index contributed by atoms with van der Waals surface area (Å²) in [6.45, 7) is 2.28. The number of hydrogen-bond acceptors (Lipinski definition) is 21. The molecule has 1 saturated carbocycles. The van der Waals surface area contributed by atoms with Gasteiger partial charge in [0.05, 0.1) is 63.8 Å². The van der Waals surface area contributed by atoms with E-state index in [4.69, 9.17) is 37.9 Å². The predicted octanol–water partition coefficient (Wildman–Crippen LogP) is -6.13. The third-order valence-corrected chi connectivity index (χ3v) is 10.5. The Labute approximate surface area is 315 Å². The Morgan fingerprint density at radius 2 is 1.49 bits per heavy atom.